The van der Waals surface area contributed by atoms with Crippen LogP contribution in [0.2, 0.25) is 0 Å². The molecule has 0 bridgehead atoms. The average molecular weight is 141 g/mol. The van der Waals surface area contributed by atoms with Crippen LogP contribution in [0, 0.1) is 6.57 Å². The van der Waals surface area contributed by atoms with Crippen molar-refractivity contribution in [3.8, 4) is 0 Å². The van der Waals surface area contributed by atoms with Crippen molar-refractivity contribution in [3.05, 3.63) is 23.2 Å². The van der Waals surface area contributed by atoms with Crippen LogP contribution >= 0.6 is 0 Å². The molecule has 1 aliphatic rings. The summed E-state index contributed by atoms with van der Waals surface area (Å²) in [6.45, 7) is 7.21. The molecule has 1 aliphatic heterocycles. The predicted octanol–water partition coefficient (Wildman–Crippen LogP) is 1.55. The normalized spacial score (nSPS) is 30.0. The number of nitrogens with zero attached hydrogens (tertiary/aromatic N) is 1. The summed E-state index contributed by atoms with van der Waals surface area (Å²) in [6.07, 6.45) is 0.647. The lowest BCUT2D eigenvalue weighted by Crippen LogP contribution is -2.19. The van der Waals surface area contributed by atoms with Crippen LogP contribution in [0.5, 0.6) is 0 Å². The highest BCUT2D eigenvalue weighted by Gasteiger charge is 2.16. The van der Waals surface area contributed by atoms with Gasteiger partial charge in [0, 0.05) is 13.0 Å². The van der Waals surface area contributed by atoms with Gasteiger partial charge in [-0.2, -0.15) is 0 Å². The first-order chi connectivity index (χ1) is 4.84. The highest BCUT2D eigenvalue weighted by atomic mass is 19.1. The van der Waals surface area contributed by atoms with Gasteiger partial charge in [0.2, 0.25) is 0 Å². The quantitative estimate of drug-likeness (QED) is 0.466. The number of rotatable bonds is 0. The van der Waals surface area contributed by atoms with Crippen molar-refractivity contribution in [1.82, 2.24) is 0 Å². The second-order valence-corrected chi connectivity index (χ2v) is 2.14. The predicted molar refractivity (Wildman–Crippen MR) is 35.0 cm³/mol. The van der Waals surface area contributed by atoms with Crippen LogP contribution < -0.4 is 0 Å². The molecule has 0 spiro atoms. The molecule has 1 saturated heterocycles. The van der Waals surface area contributed by atoms with E-state index in [1.165, 1.54) is 6.20 Å². The summed E-state index contributed by atoms with van der Waals surface area (Å²) in [5.41, 5.74) is 0.473. The Hall–Kier alpha value is -0.880. The molecule has 1 heterocycles. The molecular weight excluding hydrogens is 133 g/mol. The molecule has 0 aromatic heterocycles. The summed E-state index contributed by atoms with van der Waals surface area (Å²) >= 11 is 0. The summed E-state index contributed by atoms with van der Waals surface area (Å²) in [5, 5.41) is 0. The van der Waals surface area contributed by atoms with Gasteiger partial charge in [-0.3, -0.25) is 0 Å². The number of halogens is 1. The molecule has 1 unspecified atom stereocenters. The summed E-state index contributed by atoms with van der Waals surface area (Å²) in [4.78, 5) is 2.98. The Morgan fingerprint density at radius 1 is 1.80 bits per heavy atom. The van der Waals surface area contributed by atoms with Crippen LogP contribution in [0.3, 0.4) is 0 Å². The fraction of sp³-hybridized carbons (Fsp3) is 0.571. The monoisotopic (exact) mass is 141 g/mol. The van der Waals surface area contributed by atoms with E-state index in [0.29, 0.717) is 18.6 Å². The van der Waals surface area contributed by atoms with Crippen LogP contribution in [0.25, 0.3) is 4.85 Å². The lowest BCUT2D eigenvalue weighted by atomic mass is 10.1. The molecule has 10 heavy (non-hydrogen) atoms. The van der Waals surface area contributed by atoms with Crippen molar-refractivity contribution in [2.24, 2.45) is 0 Å². The summed E-state index contributed by atoms with van der Waals surface area (Å²) in [6, 6.07) is 0. The van der Waals surface area contributed by atoms with Crippen LogP contribution in [0.1, 0.15) is 6.42 Å². The smallest absolute Gasteiger partial charge is 0.158 e. The molecule has 1 atom stereocenters. The molecule has 1 fully saturated rings. The Labute approximate surface area is 59.1 Å². The Morgan fingerprint density at radius 3 is 3.20 bits per heavy atom. The van der Waals surface area contributed by atoms with E-state index in [-0.39, 0.29) is 6.61 Å². The summed E-state index contributed by atoms with van der Waals surface area (Å²) < 4.78 is 17.7. The minimum absolute atomic E-state index is 0.281. The van der Waals surface area contributed by atoms with E-state index in [0.717, 1.165) is 0 Å². The first-order valence-electron chi connectivity index (χ1n) is 3.12. The third-order valence-corrected chi connectivity index (χ3v) is 1.42. The standard InChI is InChI=1S/C7H8FNO/c1-9-4-6-5-10-3-2-7(6)8/h4,7H,2-3,5H2. The Kier molecular flexibility index (Phi) is 2.41. The van der Waals surface area contributed by atoms with Gasteiger partial charge in [0.25, 0.3) is 0 Å². The molecule has 0 amide bonds. The van der Waals surface area contributed by atoms with E-state index in [4.69, 9.17) is 11.3 Å². The molecule has 0 aromatic carbocycles. The summed E-state index contributed by atoms with van der Waals surface area (Å²) in [7, 11) is 0. The van der Waals surface area contributed by atoms with Crippen molar-refractivity contribution in [3.63, 3.8) is 0 Å². The van der Waals surface area contributed by atoms with Crippen LogP contribution in [0.4, 0.5) is 4.39 Å². The molecule has 0 N–H and O–H groups in total. The largest absolute Gasteiger partial charge is 0.378 e. The van der Waals surface area contributed by atoms with Gasteiger partial charge in [0.1, 0.15) is 6.17 Å². The number of hydrogen-bond acceptors (Lipinski definition) is 1. The highest BCUT2D eigenvalue weighted by molar-refractivity contribution is 5.13. The molecule has 2 nitrogen and oxygen atoms in total. The van der Waals surface area contributed by atoms with Crippen molar-refractivity contribution in [2.45, 2.75) is 12.6 Å². The fourth-order valence-electron chi connectivity index (χ4n) is 0.854. The Bertz CT molecular complexity index is 183. The van der Waals surface area contributed by atoms with Gasteiger partial charge in [-0.1, -0.05) is 0 Å². The van der Waals surface area contributed by atoms with Gasteiger partial charge >= 0.3 is 0 Å². The zero-order valence-electron chi connectivity index (χ0n) is 5.51. The topological polar surface area (TPSA) is 13.6 Å². The van der Waals surface area contributed by atoms with Gasteiger partial charge in [0.05, 0.1) is 13.2 Å². The van der Waals surface area contributed by atoms with Gasteiger partial charge in [-0.15, -0.1) is 0 Å². The number of alkyl halides is 1. The maximum Gasteiger partial charge on any atom is 0.158 e. The first-order valence-corrected chi connectivity index (χ1v) is 3.12. The van der Waals surface area contributed by atoms with Gasteiger partial charge < -0.3 is 4.74 Å². The van der Waals surface area contributed by atoms with Crippen molar-refractivity contribution >= 4 is 0 Å². The molecule has 3 heteroatoms. The first kappa shape index (κ1) is 7.23. The van der Waals surface area contributed by atoms with Crippen LogP contribution in [0.15, 0.2) is 11.8 Å². The second kappa shape index (κ2) is 3.33. The zero-order chi connectivity index (χ0) is 7.40. The maximum absolute atomic E-state index is 12.7. The average Bonchev–Trinajstić information content (AvgIpc) is 1.94. The molecule has 1 rings (SSSR count). The Morgan fingerprint density at radius 2 is 2.60 bits per heavy atom. The van der Waals surface area contributed by atoms with Crippen molar-refractivity contribution < 1.29 is 9.13 Å². The van der Waals surface area contributed by atoms with Crippen LogP contribution in [-0.2, 0) is 4.74 Å². The van der Waals surface area contributed by atoms with E-state index in [1.807, 2.05) is 0 Å². The lowest BCUT2D eigenvalue weighted by Gasteiger charge is -2.18. The lowest BCUT2D eigenvalue weighted by molar-refractivity contribution is 0.0937. The number of ether oxygens (including phenoxy) is 1. The Balaban J connectivity index is 2.58. The minimum atomic E-state index is -0.956. The second-order valence-electron chi connectivity index (χ2n) is 2.14. The van der Waals surface area contributed by atoms with E-state index in [1.54, 1.807) is 0 Å². The third-order valence-electron chi connectivity index (χ3n) is 1.42. The zero-order valence-corrected chi connectivity index (χ0v) is 5.51. The van der Waals surface area contributed by atoms with Crippen molar-refractivity contribution in [2.75, 3.05) is 13.2 Å². The summed E-state index contributed by atoms with van der Waals surface area (Å²) in [5.74, 6) is 0. The third kappa shape index (κ3) is 1.55. The van der Waals surface area contributed by atoms with E-state index in [2.05, 4.69) is 4.85 Å². The molecular formula is C7H8FNO. The SMILES string of the molecule is [C-]#[N+]C=C1COCCC1F. The molecule has 0 saturated carbocycles. The van der Waals surface area contributed by atoms with Gasteiger partial charge in [-0.05, 0) is 5.57 Å². The van der Waals surface area contributed by atoms with Gasteiger partial charge in [0.15, 0.2) is 6.20 Å². The molecule has 0 aromatic rings. The number of hydrogen-bond donors (Lipinski definition) is 0. The molecule has 54 valence electrons. The van der Waals surface area contributed by atoms with E-state index < -0.39 is 6.17 Å². The van der Waals surface area contributed by atoms with E-state index >= 15 is 0 Å². The molecule has 0 aliphatic carbocycles. The fourth-order valence-corrected chi connectivity index (χ4v) is 0.854. The van der Waals surface area contributed by atoms with Crippen LogP contribution in [-0.4, -0.2) is 19.4 Å². The molecule has 0 radical (unpaired) electrons. The van der Waals surface area contributed by atoms with Crippen molar-refractivity contribution in [1.29, 1.82) is 0 Å². The minimum Gasteiger partial charge on any atom is -0.378 e. The van der Waals surface area contributed by atoms with E-state index in [9.17, 15) is 4.39 Å². The maximum atomic E-state index is 12.7. The highest BCUT2D eigenvalue weighted by Crippen LogP contribution is 2.16. The van der Waals surface area contributed by atoms with Gasteiger partial charge in [-0.25, -0.2) is 9.24 Å².